The van der Waals surface area contributed by atoms with Crippen molar-refractivity contribution in [2.45, 2.75) is 11.3 Å². The summed E-state index contributed by atoms with van der Waals surface area (Å²) >= 11 is 7.28. The fraction of sp³-hybridized carbons (Fsp3) is 0.364. The van der Waals surface area contributed by atoms with E-state index in [4.69, 9.17) is 17.0 Å². The Labute approximate surface area is 115 Å². The number of nitrogens with zero attached hydrogens (tertiary/aromatic N) is 1. The van der Waals surface area contributed by atoms with Crippen LogP contribution in [0.25, 0.3) is 0 Å². The third-order valence-corrected chi connectivity index (χ3v) is 6.54. The van der Waals surface area contributed by atoms with Gasteiger partial charge in [-0.3, -0.25) is 5.41 Å². The van der Waals surface area contributed by atoms with Gasteiger partial charge in [-0.15, -0.1) is 0 Å². The average molecular weight is 303 g/mol. The highest BCUT2D eigenvalue weighted by atomic mass is 35.5. The molecule has 1 N–H and O–H groups in total. The van der Waals surface area contributed by atoms with Gasteiger partial charge in [0, 0.05) is 16.0 Å². The second-order valence-electron chi connectivity index (χ2n) is 4.46. The van der Waals surface area contributed by atoms with Gasteiger partial charge in [0.25, 0.3) is 0 Å². The zero-order valence-electron chi connectivity index (χ0n) is 9.34. The highest BCUT2D eigenvalue weighted by Gasteiger charge is 2.48. The Bertz CT molecular complexity index is 617. The van der Waals surface area contributed by atoms with Crippen molar-refractivity contribution in [3.8, 4) is 0 Å². The molecular weight excluding hydrogens is 292 g/mol. The molecule has 1 aromatic carbocycles. The first kappa shape index (κ1) is 12.3. The maximum absolute atomic E-state index is 11.7. The number of rotatable bonds is 1. The highest BCUT2D eigenvalue weighted by Crippen LogP contribution is 2.40. The van der Waals surface area contributed by atoms with Crippen molar-refractivity contribution < 1.29 is 8.42 Å². The van der Waals surface area contributed by atoms with Crippen molar-refractivity contribution in [1.82, 2.24) is 0 Å². The van der Waals surface area contributed by atoms with E-state index in [9.17, 15) is 8.42 Å². The van der Waals surface area contributed by atoms with Crippen molar-refractivity contribution >= 4 is 44.1 Å². The molecule has 0 bridgehead atoms. The van der Waals surface area contributed by atoms with E-state index in [2.05, 4.69) is 0 Å². The molecule has 7 heteroatoms. The van der Waals surface area contributed by atoms with E-state index in [1.165, 1.54) is 11.8 Å². The zero-order chi connectivity index (χ0) is 12.9. The lowest BCUT2D eigenvalue weighted by Crippen LogP contribution is -2.37. The maximum atomic E-state index is 11.7. The Morgan fingerprint density at radius 3 is 2.89 bits per heavy atom. The number of benzene rings is 1. The second-order valence-corrected chi connectivity index (χ2v) is 8.27. The topological polar surface area (TPSA) is 61.2 Å². The van der Waals surface area contributed by atoms with Gasteiger partial charge in [-0.05, 0) is 18.2 Å². The van der Waals surface area contributed by atoms with Crippen molar-refractivity contribution in [1.29, 1.82) is 5.41 Å². The predicted molar refractivity (Wildman–Crippen MR) is 75.5 cm³/mol. The Balaban J connectivity index is 1.99. The van der Waals surface area contributed by atoms with Crippen LogP contribution in [0.4, 0.5) is 5.69 Å². The first-order valence-electron chi connectivity index (χ1n) is 5.47. The highest BCUT2D eigenvalue weighted by molar-refractivity contribution is 8.15. The lowest BCUT2D eigenvalue weighted by atomic mass is 10.2. The molecule has 18 heavy (non-hydrogen) atoms. The zero-order valence-corrected chi connectivity index (χ0v) is 11.7. The van der Waals surface area contributed by atoms with Crippen LogP contribution in [0, 0.1) is 5.41 Å². The van der Waals surface area contributed by atoms with Gasteiger partial charge in [0.2, 0.25) is 0 Å². The van der Waals surface area contributed by atoms with Crippen LogP contribution in [0.2, 0.25) is 5.02 Å². The maximum Gasteiger partial charge on any atom is 0.161 e. The minimum Gasteiger partial charge on any atom is -0.316 e. The predicted octanol–water partition coefficient (Wildman–Crippen LogP) is 1.99. The first-order valence-corrected chi connectivity index (χ1v) is 8.55. The van der Waals surface area contributed by atoms with Gasteiger partial charge in [0.1, 0.15) is 0 Å². The van der Waals surface area contributed by atoms with E-state index in [0.29, 0.717) is 10.2 Å². The second kappa shape index (κ2) is 4.15. The molecule has 0 amide bonds. The number of thioether (sulfide) groups is 1. The van der Waals surface area contributed by atoms with E-state index in [1.54, 1.807) is 17.0 Å². The fourth-order valence-corrected chi connectivity index (χ4v) is 6.41. The van der Waals surface area contributed by atoms with Crippen LogP contribution < -0.4 is 4.90 Å². The summed E-state index contributed by atoms with van der Waals surface area (Å²) in [6.45, 7) is 0. The molecule has 2 aliphatic heterocycles. The number of hydrogen-bond donors (Lipinski definition) is 1. The summed E-state index contributed by atoms with van der Waals surface area (Å²) in [7, 11) is -2.97. The van der Waals surface area contributed by atoms with Crippen molar-refractivity contribution in [2.75, 3.05) is 16.4 Å². The van der Waals surface area contributed by atoms with Crippen LogP contribution in [-0.4, -0.2) is 36.4 Å². The van der Waals surface area contributed by atoms with Gasteiger partial charge in [-0.2, -0.15) is 0 Å². The van der Waals surface area contributed by atoms with Crippen LogP contribution in [0.5, 0.6) is 0 Å². The normalized spacial score (nSPS) is 29.6. The summed E-state index contributed by atoms with van der Waals surface area (Å²) in [6, 6.07) is 7.07. The minimum absolute atomic E-state index is 0.0264. The Hall–Kier alpha value is -0.720. The quantitative estimate of drug-likeness (QED) is 0.862. The summed E-state index contributed by atoms with van der Waals surface area (Å²) in [4.78, 5) is 1.78. The SMILES string of the molecule is N=C1S[C@@H]2CS(=O)(=O)C[C@@H]2N1c1cccc(Cl)c1. The molecule has 96 valence electrons. The average Bonchev–Trinajstić information content (AvgIpc) is 2.68. The molecule has 3 rings (SSSR count). The number of fused-ring (bicyclic) bond motifs is 1. The Morgan fingerprint density at radius 1 is 1.39 bits per heavy atom. The van der Waals surface area contributed by atoms with E-state index >= 15 is 0 Å². The van der Waals surface area contributed by atoms with Crippen molar-refractivity contribution in [2.24, 2.45) is 0 Å². The summed E-state index contributed by atoms with van der Waals surface area (Å²) in [6.07, 6.45) is 0. The molecule has 0 aromatic heterocycles. The number of hydrogen-bond acceptors (Lipinski definition) is 4. The Kier molecular flexibility index (Phi) is 2.84. The lowest BCUT2D eigenvalue weighted by molar-refractivity contribution is 0.601. The molecule has 2 fully saturated rings. The third kappa shape index (κ3) is 2.02. The fourth-order valence-electron chi connectivity index (χ4n) is 2.44. The van der Waals surface area contributed by atoms with Crippen molar-refractivity contribution in [3.05, 3.63) is 29.3 Å². The van der Waals surface area contributed by atoms with E-state index in [0.717, 1.165) is 5.69 Å². The number of halogens is 1. The number of anilines is 1. The minimum atomic E-state index is -2.97. The molecule has 4 nitrogen and oxygen atoms in total. The molecule has 2 aliphatic rings. The van der Waals surface area contributed by atoms with Gasteiger partial charge < -0.3 is 4.90 Å². The van der Waals surface area contributed by atoms with Gasteiger partial charge in [0.15, 0.2) is 15.0 Å². The largest absolute Gasteiger partial charge is 0.316 e. The first-order chi connectivity index (χ1) is 8.46. The van der Waals surface area contributed by atoms with E-state index in [-0.39, 0.29) is 22.8 Å². The van der Waals surface area contributed by atoms with Gasteiger partial charge >= 0.3 is 0 Å². The smallest absolute Gasteiger partial charge is 0.161 e. The third-order valence-electron chi connectivity index (χ3n) is 3.17. The molecule has 2 heterocycles. The molecule has 0 spiro atoms. The van der Waals surface area contributed by atoms with Crippen LogP contribution in [0.3, 0.4) is 0 Å². The molecule has 2 saturated heterocycles. The number of nitrogens with one attached hydrogen (secondary N) is 1. The Morgan fingerprint density at radius 2 is 2.17 bits per heavy atom. The number of amidine groups is 1. The van der Waals surface area contributed by atoms with Gasteiger partial charge in [-0.25, -0.2) is 8.42 Å². The molecule has 0 aliphatic carbocycles. The van der Waals surface area contributed by atoms with Crippen LogP contribution in [0.1, 0.15) is 0 Å². The molecule has 0 unspecified atom stereocenters. The van der Waals surface area contributed by atoms with Gasteiger partial charge in [-0.1, -0.05) is 29.4 Å². The standard InChI is InChI=1S/C11H11ClN2O2S2/c12-7-2-1-3-8(4-7)14-9-5-18(15,16)6-10(9)17-11(14)13/h1-4,9-10,13H,5-6H2/t9-,10+/m0/s1. The molecule has 1 aromatic rings. The summed E-state index contributed by atoms with van der Waals surface area (Å²) in [5.41, 5.74) is 0.796. The number of sulfone groups is 1. The summed E-state index contributed by atoms with van der Waals surface area (Å²) in [5.74, 6) is 0.293. The van der Waals surface area contributed by atoms with Crippen LogP contribution in [-0.2, 0) is 9.84 Å². The molecule has 0 saturated carbocycles. The molecule has 0 radical (unpaired) electrons. The van der Waals surface area contributed by atoms with E-state index in [1.807, 2.05) is 12.1 Å². The monoisotopic (exact) mass is 302 g/mol. The molecule has 2 atom stereocenters. The van der Waals surface area contributed by atoms with Crippen LogP contribution in [0.15, 0.2) is 24.3 Å². The summed E-state index contributed by atoms with van der Waals surface area (Å²) < 4.78 is 23.3. The van der Waals surface area contributed by atoms with Crippen LogP contribution >= 0.6 is 23.4 Å². The molecular formula is C11H11ClN2O2S2. The summed E-state index contributed by atoms with van der Waals surface area (Å²) in [5, 5.41) is 8.96. The van der Waals surface area contributed by atoms with Gasteiger partial charge in [0.05, 0.1) is 17.5 Å². The lowest BCUT2D eigenvalue weighted by Gasteiger charge is -2.23. The van der Waals surface area contributed by atoms with Crippen molar-refractivity contribution in [3.63, 3.8) is 0 Å². The van der Waals surface area contributed by atoms with E-state index < -0.39 is 9.84 Å².